The molecule has 2 aromatic rings. The van der Waals surface area contributed by atoms with E-state index in [-0.39, 0.29) is 6.03 Å². The summed E-state index contributed by atoms with van der Waals surface area (Å²) in [5.41, 5.74) is 2.32. The van der Waals surface area contributed by atoms with Crippen molar-refractivity contribution < 1.29 is 4.79 Å². The normalized spacial score (nSPS) is 19.2. The number of likely N-dealkylation sites (tertiary alicyclic amines) is 2. The fourth-order valence-electron chi connectivity index (χ4n) is 4.05. The van der Waals surface area contributed by atoms with Crippen molar-refractivity contribution in [3.63, 3.8) is 0 Å². The van der Waals surface area contributed by atoms with E-state index >= 15 is 0 Å². The molecule has 2 saturated heterocycles. The molecule has 0 aromatic heterocycles. The van der Waals surface area contributed by atoms with Gasteiger partial charge in [0.05, 0.1) is 0 Å². The van der Waals surface area contributed by atoms with Crippen LogP contribution in [0, 0.1) is 5.92 Å². The molecule has 0 spiro atoms. The molecule has 2 amide bonds. The van der Waals surface area contributed by atoms with Gasteiger partial charge in [-0.2, -0.15) is 0 Å². The van der Waals surface area contributed by atoms with E-state index in [4.69, 9.17) is 0 Å². The third-order valence-corrected chi connectivity index (χ3v) is 5.71. The fraction of sp³-hybridized carbons (Fsp3) is 0.409. The van der Waals surface area contributed by atoms with Crippen molar-refractivity contribution in [1.82, 2.24) is 9.80 Å². The van der Waals surface area contributed by atoms with Crippen LogP contribution in [-0.2, 0) is 6.42 Å². The first-order valence-electron chi connectivity index (χ1n) is 9.67. The van der Waals surface area contributed by atoms with Crippen molar-refractivity contribution in [3.05, 3.63) is 66.2 Å². The van der Waals surface area contributed by atoms with Crippen molar-refractivity contribution in [3.8, 4) is 0 Å². The molecule has 0 saturated carbocycles. The summed E-state index contributed by atoms with van der Waals surface area (Å²) < 4.78 is 0. The number of carbonyl (C=O) groups excluding carboxylic acids is 1. The van der Waals surface area contributed by atoms with Crippen LogP contribution in [0.5, 0.6) is 0 Å². The SMILES string of the molecule is O=C(Nc1ccccc1)N1CC(N2CCC(Cc3ccccc3)CC2)C1. The van der Waals surface area contributed by atoms with Crippen molar-refractivity contribution >= 4 is 11.7 Å². The van der Waals surface area contributed by atoms with Crippen LogP contribution >= 0.6 is 0 Å². The van der Waals surface area contributed by atoms with Gasteiger partial charge in [0, 0.05) is 24.8 Å². The number of anilines is 1. The van der Waals surface area contributed by atoms with Crippen LogP contribution in [0.4, 0.5) is 10.5 Å². The average Bonchev–Trinajstić information content (AvgIpc) is 2.64. The third kappa shape index (κ3) is 4.07. The summed E-state index contributed by atoms with van der Waals surface area (Å²) in [5.74, 6) is 0.797. The number of para-hydroxylation sites is 1. The van der Waals surface area contributed by atoms with Crippen molar-refractivity contribution in [2.24, 2.45) is 5.92 Å². The molecule has 2 aliphatic heterocycles. The summed E-state index contributed by atoms with van der Waals surface area (Å²) in [6.45, 7) is 4.02. The Morgan fingerprint density at radius 1 is 0.923 bits per heavy atom. The minimum absolute atomic E-state index is 0.0198. The van der Waals surface area contributed by atoms with Gasteiger partial charge in [0.15, 0.2) is 0 Å². The Balaban J connectivity index is 1.19. The van der Waals surface area contributed by atoms with E-state index in [1.807, 2.05) is 35.2 Å². The van der Waals surface area contributed by atoms with Gasteiger partial charge in [-0.1, -0.05) is 48.5 Å². The van der Waals surface area contributed by atoms with Crippen LogP contribution in [0.25, 0.3) is 0 Å². The van der Waals surface area contributed by atoms with E-state index in [1.54, 1.807) is 0 Å². The molecule has 2 heterocycles. The Morgan fingerprint density at radius 3 is 2.19 bits per heavy atom. The summed E-state index contributed by atoms with van der Waals surface area (Å²) in [6, 6.07) is 21.1. The molecule has 4 heteroatoms. The third-order valence-electron chi connectivity index (χ3n) is 5.71. The zero-order valence-corrected chi connectivity index (χ0v) is 15.2. The molecular weight excluding hydrogens is 322 g/mol. The fourth-order valence-corrected chi connectivity index (χ4v) is 4.05. The molecule has 2 aliphatic rings. The Bertz CT molecular complexity index is 705. The first kappa shape index (κ1) is 17.1. The van der Waals surface area contributed by atoms with Crippen LogP contribution in [-0.4, -0.2) is 48.1 Å². The van der Waals surface area contributed by atoms with Crippen LogP contribution < -0.4 is 5.32 Å². The summed E-state index contributed by atoms with van der Waals surface area (Å²) in [4.78, 5) is 16.8. The maximum Gasteiger partial charge on any atom is 0.321 e. The first-order valence-corrected chi connectivity index (χ1v) is 9.67. The predicted octanol–water partition coefficient (Wildman–Crippen LogP) is 3.86. The van der Waals surface area contributed by atoms with Gasteiger partial charge in [-0.25, -0.2) is 4.79 Å². The number of nitrogens with zero attached hydrogens (tertiary/aromatic N) is 2. The summed E-state index contributed by atoms with van der Waals surface area (Å²) in [6.07, 6.45) is 3.73. The summed E-state index contributed by atoms with van der Waals surface area (Å²) >= 11 is 0. The summed E-state index contributed by atoms with van der Waals surface area (Å²) in [7, 11) is 0. The topological polar surface area (TPSA) is 35.6 Å². The van der Waals surface area contributed by atoms with E-state index in [1.165, 1.54) is 24.8 Å². The van der Waals surface area contributed by atoms with Crippen LogP contribution in [0.15, 0.2) is 60.7 Å². The lowest BCUT2D eigenvalue weighted by atomic mass is 9.89. The molecule has 1 N–H and O–H groups in total. The molecule has 0 bridgehead atoms. The zero-order valence-electron chi connectivity index (χ0n) is 15.2. The maximum absolute atomic E-state index is 12.3. The highest BCUT2D eigenvalue weighted by Gasteiger charge is 2.36. The van der Waals surface area contributed by atoms with Gasteiger partial charge in [-0.05, 0) is 56.0 Å². The molecule has 26 heavy (non-hydrogen) atoms. The minimum Gasteiger partial charge on any atom is -0.321 e. The second kappa shape index (κ2) is 7.92. The molecule has 4 nitrogen and oxygen atoms in total. The largest absolute Gasteiger partial charge is 0.321 e. The van der Waals surface area contributed by atoms with E-state index in [9.17, 15) is 4.79 Å². The van der Waals surface area contributed by atoms with Gasteiger partial charge in [-0.3, -0.25) is 4.90 Å². The van der Waals surface area contributed by atoms with Gasteiger partial charge in [0.25, 0.3) is 0 Å². The quantitative estimate of drug-likeness (QED) is 0.910. The molecule has 136 valence electrons. The maximum atomic E-state index is 12.3. The number of urea groups is 1. The highest BCUT2D eigenvalue weighted by molar-refractivity contribution is 5.89. The number of benzene rings is 2. The van der Waals surface area contributed by atoms with Gasteiger partial charge in [0.1, 0.15) is 0 Å². The number of amides is 2. The average molecular weight is 349 g/mol. The summed E-state index contributed by atoms with van der Waals surface area (Å²) in [5, 5.41) is 2.97. The molecule has 2 fully saturated rings. The molecule has 0 unspecified atom stereocenters. The first-order chi connectivity index (χ1) is 12.8. The lowest BCUT2D eigenvalue weighted by Gasteiger charge is -2.47. The predicted molar refractivity (Wildman–Crippen MR) is 105 cm³/mol. The Hall–Kier alpha value is -2.33. The second-order valence-corrected chi connectivity index (χ2v) is 7.52. The van der Waals surface area contributed by atoms with E-state index in [2.05, 4.69) is 40.5 Å². The lowest BCUT2D eigenvalue weighted by molar-refractivity contribution is 0.0383. The standard InChI is InChI=1S/C22H27N3O/c26-22(23-20-9-5-2-6-10-20)25-16-21(17-25)24-13-11-19(12-14-24)15-18-7-3-1-4-8-18/h1-10,19,21H,11-17H2,(H,23,26). The molecule has 0 aliphatic carbocycles. The van der Waals surface area contributed by atoms with Gasteiger partial charge in [0.2, 0.25) is 0 Å². The molecule has 0 radical (unpaired) electrons. The van der Waals surface area contributed by atoms with Crippen molar-refractivity contribution in [2.75, 3.05) is 31.5 Å². The van der Waals surface area contributed by atoms with Crippen LogP contribution in [0.2, 0.25) is 0 Å². The smallest absolute Gasteiger partial charge is 0.321 e. The Kier molecular flexibility index (Phi) is 5.21. The van der Waals surface area contributed by atoms with Gasteiger partial charge in [-0.15, -0.1) is 0 Å². The van der Waals surface area contributed by atoms with Crippen molar-refractivity contribution in [1.29, 1.82) is 0 Å². The van der Waals surface area contributed by atoms with Gasteiger partial charge < -0.3 is 10.2 Å². The lowest BCUT2D eigenvalue weighted by Crippen LogP contribution is -2.63. The van der Waals surface area contributed by atoms with Crippen LogP contribution in [0.3, 0.4) is 0 Å². The monoisotopic (exact) mass is 349 g/mol. The van der Waals surface area contributed by atoms with E-state index < -0.39 is 0 Å². The van der Waals surface area contributed by atoms with E-state index in [0.717, 1.165) is 37.8 Å². The zero-order chi connectivity index (χ0) is 17.8. The number of rotatable bonds is 4. The van der Waals surface area contributed by atoms with E-state index in [0.29, 0.717) is 6.04 Å². The van der Waals surface area contributed by atoms with Crippen LogP contribution in [0.1, 0.15) is 18.4 Å². The number of hydrogen-bond donors (Lipinski definition) is 1. The number of piperidine rings is 1. The molecule has 4 rings (SSSR count). The minimum atomic E-state index is 0.0198. The van der Waals surface area contributed by atoms with Gasteiger partial charge >= 0.3 is 6.03 Å². The Morgan fingerprint density at radius 2 is 1.54 bits per heavy atom. The number of hydrogen-bond acceptors (Lipinski definition) is 2. The molecule has 2 aromatic carbocycles. The number of carbonyl (C=O) groups is 1. The van der Waals surface area contributed by atoms with Crippen molar-refractivity contribution in [2.45, 2.75) is 25.3 Å². The highest BCUT2D eigenvalue weighted by Crippen LogP contribution is 2.26. The number of nitrogens with one attached hydrogen (secondary N) is 1. The molecular formula is C22H27N3O. The second-order valence-electron chi connectivity index (χ2n) is 7.52. The Labute approximate surface area is 155 Å². The highest BCUT2D eigenvalue weighted by atomic mass is 16.2. The molecule has 0 atom stereocenters.